The van der Waals surface area contributed by atoms with Crippen molar-refractivity contribution in [1.82, 2.24) is 0 Å². The standard InChI is InChI=1S/C13H26O3S/c1-9(2)10(3)13(14)11-6-5-7-12(8-11)17(4,15)16/h9-14H,5-8H2,1-4H3. The molecule has 0 bridgehead atoms. The van der Waals surface area contributed by atoms with Crippen LogP contribution < -0.4 is 0 Å². The first-order chi connectivity index (χ1) is 7.73. The molecule has 0 heterocycles. The maximum Gasteiger partial charge on any atom is 0.150 e. The molecule has 17 heavy (non-hydrogen) atoms. The van der Waals surface area contributed by atoms with E-state index in [2.05, 4.69) is 20.8 Å². The molecule has 1 aliphatic carbocycles. The van der Waals surface area contributed by atoms with Crippen molar-refractivity contribution in [2.75, 3.05) is 6.26 Å². The third-order valence-corrected chi connectivity index (χ3v) is 5.98. The SMILES string of the molecule is CC(C)C(C)C(O)C1CCCC(S(C)(=O)=O)C1. The summed E-state index contributed by atoms with van der Waals surface area (Å²) in [6.07, 6.45) is 4.24. The topological polar surface area (TPSA) is 54.4 Å². The maximum absolute atomic E-state index is 11.6. The van der Waals surface area contributed by atoms with Crippen molar-refractivity contribution in [3.8, 4) is 0 Å². The van der Waals surface area contributed by atoms with Crippen LogP contribution in [0.3, 0.4) is 0 Å². The van der Waals surface area contributed by atoms with Gasteiger partial charge in [-0.3, -0.25) is 0 Å². The molecule has 4 atom stereocenters. The maximum atomic E-state index is 11.6. The molecule has 4 unspecified atom stereocenters. The summed E-state index contributed by atoms with van der Waals surface area (Å²) in [5.41, 5.74) is 0. The summed E-state index contributed by atoms with van der Waals surface area (Å²) in [5.74, 6) is 0.822. The number of rotatable bonds is 4. The molecule has 1 saturated carbocycles. The molecule has 102 valence electrons. The first-order valence-corrected chi connectivity index (χ1v) is 8.56. The van der Waals surface area contributed by atoms with Gasteiger partial charge in [0.05, 0.1) is 11.4 Å². The highest BCUT2D eigenvalue weighted by Crippen LogP contribution is 2.34. The zero-order valence-corrected chi connectivity index (χ0v) is 12.2. The second-order valence-electron chi connectivity index (χ2n) is 5.97. The Kier molecular flexibility index (Phi) is 5.02. The number of aliphatic hydroxyl groups is 1. The summed E-state index contributed by atoms with van der Waals surface area (Å²) in [7, 11) is -2.95. The minimum Gasteiger partial charge on any atom is -0.393 e. The van der Waals surface area contributed by atoms with E-state index in [0.29, 0.717) is 12.3 Å². The van der Waals surface area contributed by atoms with Gasteiger partial charge in [0.25, 0.3) is 0 Å². The average Bonchev–Trinajstić information content (AvgIpc) is 2.26. The molecule has 0 aromatic rings. The van der Waals surface area contributed by atoms with E-state index in [1.165, 1.54) is 6.26 Å². The van der Waals surface area contributed by atoms with Crippen molar-refractivity contribution in [2.24, 2.45) is 17.8 Å². The van der Waals surface area contributed by atoms with Gasteiger partial charge in [-0.05, 0) is 37.0 Å². The summed E-state index contributed by atoms with van der Waals surface area (Å²) in [4.78, 5) is 0. The Hall–Kier alpha value is -0.0900. The lowest BCUT2D eigenvalue weighted by molar-refractivity contribution is 0.0234. The van der Waals surface area contributed by atoms with Crippen LogP contribution in [-0.4, -0.2) is 31.1 Å². The van der Waals surface area contributed by atoms with Crippen LogP contribution in [-0.2, 0) is 9.84 Å². The fourth-order valence-electron chi connectivity index (χ4n) is 2.70. The normalized spacial score (nSPS) is 30.2. The van der Waals surface area contributed by atoms with Crippen molar-refractivity contribution in [3.63, 3.8) is 0 Å². The molecule has 1 rings (SSSR count). The fraction of sp³-hybridized carbons (Fsp3) is 1.00. The van der Waals surface area contributed by atoms with E-state index < -0.39 is 9.84 Å². The van der Waals surface area contributed by atoms with Gasteiger partial charge in [0.2, 0.25) is 0 Å². The molecule has 0 aromatic carbocycles. The van der Waals surface area contributed by atoms with Crippen molar-refractivity contribution in [2.45, 2.75) is 57.8 Å². The smallest absolute Gasteiger partial charge is 0.150 e. The monoisotopic (exact) mass is 262 g/mol. The van der Waals surface area contributed by atoms with Gasteiger partial charge in [-0.25, -0.2) is 8.42 Å². The van der Waals surface area contributed by atoms with Crippen LogP contribution >= 0.6 is 0 Å². The van der Waals surface area contributed by atoms with E-state index in [4.69, 9.17) is 0 Å². The van der Waals surface area contributed by atoms with Crippen LogP contribution in [0, 0.1) is 17.8 Å². The van der Waals surface area contributed by atoms with Crippen LogP contribution in [0.25, 0.3) is 0 Å². The molecule has 0 amide bonds. The first kappa shape index (κ1) is 15.0. The number of hydrogen-bond donors (Lipinski definition) is 1. The van der Waals surface area contributed by atoms with E-state index >= 15 is 0 Å². The van der Waals surface area contributed by atoms with Gasteiger partial charge in [-0.2, -0.15) is 0 Å². The Labute approximate surface area is 106 Å². The lowest BCUT2D eigenvalue weighted by Crippen LogP contribution is -2.37. The van der Waals surface area contributed by atoms with Crippen molar-refractivity contribution >= 4 is 9.84 Å². The highest BCUT2D eigenvalue weighted by atomic mass is 32.2. The summed E-state index contributed by atoms with van der Waals surface area (Å²) >= 11 is 0. The molecule has 1 fully saturated rings. The molecule has 4 heteroatoms. The lowest BCUT2D eigenvalue weighted by atomic mass is 9.77. The molecule has 0 saturated heterocycles. The third-order valence-electron chi connectivity index (χ3n) is 4.35. The van der Waals surface area contributed by atoms with Crippen LogP contribution in [0.5, 0.6) is 0 Å². The van der Waals surface area contributed by atoms with E-state index in [9.17, 15) is 13.5 Å². The van der Waals surface area contributed by atoms with Gasteiger partial charge >= 0.3 is 0 Å². The van der Waals surface area contributed by atoms with Crippen LogP contribution in [0.2, 0.25) is 0 Å². The molecular formula is C13H26O3S. The van der Waals surface area contributed by atoms with Gasteiger partial charge in [0.1, 0.15) is 9.84 Å². The number of sulfone groups is 1. The Bertz CT molecular complexity index is 335. The van der Waals surface area contributed by atoms with E-state index in [1.807, 2.05) is 0 Å². The molecule has 3 nitrogen and oxygen atoms in total. The van der Waals surface area contributed by atoms with Gasteiger partial charge < -0.3 is 5.11 Å². The number of aliphatic hydroxyl groups excluding tert-OH is 1. The highest BCUT2D eigenvalue weighted by molar-refractivity contribution is 7.91. The van der Waals surface area contributed by atoms with Crippen LogP contribution in [0.4, 0.5) is 0 Å². The Morgan fingerprint density at radius 2 is 1.76 bits per heavy atom. The minimum absolute atomic E-state index is 0.154. The molecule has 0 spiro atoms. The van der Waals surface area contributed by atoms with Gasteiger partial charge in [0.15, 0.2) is 0 Å². The highest BCUT2D eigenvalue weighted by Gasteiger charge is 2.34. The lowest BCUT2D eigenvalue weighted by Gasteiger charge is -2.35. The molecule has 1 N–H and O–H groups in total. The summed E-state index contributed by atoms with van der Waals surface area (Å²) in [5, 5.41) is 10.1. The molecular weight excluding hydrogens is 236 g/mol. The Morgan fingerprint density at radius 1 is 1.18 bits per heavy atom. The Morgan fingerprint density at radius 3 is 2.24 bits per heavy atom. The van der Waals surface area contributed by atoms with E-state index in [0.717, 1.165) is 19.3 Å². The summed E-state index contributed by atoms with van der Waals surface area (Å²) in [6, 6.07) is 0. The second kappa shape index (κ2) is 5.70. The Balaban J connectivity index is 2.67. The average molecular weight is 262 g/mol. The van der Waals surface area contributed by atoms with Crippen LogP contribution in [0.1, 0.15) is 46.5 Å². The van der Waals surface area contributed by atoms with E-state index in [1.54, 1.807) is 0 Å². The largest absolute Gasteiger partial charge is 0.393 e. The predicted octanol–water partition coefficient (Wildman–Crippen LogP) is 2.24. The minimum atomic E-state index is -2.95. The predicted molar refractivity (Wildman–Crippen MR) is 70.6 cm³/mol. The third kappa shape index (κ3) is 3.95. The summed E-state index contributed by atoms with van der Waals surface area (Å²) in [6.45, 7) is 6.26. The van der Waals surface area contributed by atoms with Gasteiger partial charge in [-0.1, -0.05) is 27.2 Å². The molecule has 0 aromatic heterocycles. The number of hydrogen-bond acceptors (Lipinski definition) is 3. The van der Waals surface area contributed by atoms with E-state index in [-0.39, 0.29) is 23.2 Å². The zero-order chi connectivity index (χ0) is 13.2. The van der Waals surface area contributed by atoms with Gasteiger partial charge in [-0.15, -0.1) is 0 Å². The van der Waals surface area contributed by atoms with Crippen molar-refractivity contribution in [3.05, 3.63) is 0 Å². The van der Waals surface area contributed by atoms with Crippen molar-refractivity contribution in [1.29, 1.82) is 0 Å². The fourth-order valence-corrected chi connectivity index (χ4v) is 3.90. The van der Waals surface area contributed by atoms with Crippen molar-refractivity contribution < 1.29 is 13.5 Å². The molecule has 1 aliphatic rings. The van der Waals surface area contributed by atoms with Crippen LogP contribution in [0.15, 0.2) is 0 Å². The quantitative estimate of drug-likeness (QED) is 0.845. The second-order valence-corrected chi connectivity index (χ2v) is 8.30. The zero-order valence-electron chi connectivity index (χ0n) is 11.4. The summed E-state index contributed by atoms with van der Waals surface area (Å²) < 4.78 is 23.2. The molecule has 0 aliphatic heterocycles. The molecule has 0 radical (unpaired) electrons. The first-order valence-electron chi connectivity index (χ1n) is 6.60. The van der Waals surface area contributed by atoms with Gasteiger partial charge in [0, 0.05) is 6.26 Å².